The van der Waals surface area contributed by atoms with Crippen LogP contribution in [0.5, 0.6) is 17.4 Å². The summed E-state index contributed by atoms with van der Waals surface area (Å²) in [6.07, 6.45) is 0. The molecule has 0 spiro atoms. The summed E-state index contributed by atoms with van der Waals surface area (Å²) in [4.78, 5) is 28.1. The van der Waals surface area contributed by atoms with E-state index in [1.165, 1.54) is 11.3 Å². The van der Waals surface area contributed by atoms with Crippen molar-refractivity contribution in [3.63, 3.8) is 0 Å². The van der Waals surface area contributed by atoms with Gasteiger partial charge in [0.1, 0.15) is 11.4 Å². The van der Waals surface area contributed by atoms with Gasteiger partial charge in [0, 0.05) is 39.8 Å². The lowest BCUT2D eigenvalue weighted by Crippen LogP contribution is -2.48. The molecule has 34 heavy (non-hydrogen) atoms. The van der Waals surface area contributed by atoms with Crippen molar-refractivity contribution >= 4 is 27.5 Å². The number of aryl methyl sites for hydroxylation is 1. The van der Waals surface area contributed by atoms with Crippen molar-refractivity contribution < 1.29 is 23.7 Å². The summed E-state index contributed by atoms with van der Waals surface area (Å²) in [6.45, 7) is 5.93. The Morgan fingerprint density at radius 3 is 2.38 bits per heavy atom. The number of piperazine rings is 1. The van der Waals surface area contributed by atoms with Crippen LogP contribution in [0.1, 0.15) is 26.6 Å². The molecule has 9 nitrogen and oxygen atoms in total. The van der Waals surface area contributed by atoms with Crippen LogP contribution in [0.15, 0.2) is 18.2 Å². The van der Waals surface area contributed by atoms with E-state index in [1.54, 1.807) is 28.4 Å². The monoisotopic (exact) mass is 486 g/mol. The van der Waals surface area contributed by atoms with Gasteiger partial charge in [-0.25, -0.2) is 4.98 Å². The third-order valence-electron chi connectivity index (χ3n) is 5.98. The highest BCUT2D eigenvalue weighted by Gasteiger charge is 2.27. The van der Waals surface area contributed by atoms with Gasteiger partial charge in [0.05, 0.1) is 31.6 Å². The predicted octanol–water partition coefficient (Wildman–Crippen LogP) is 3.13. The SMILES string of the molecule is COCc1nc(OC)c2c(C)c(C(=O)N3CCN(Cc4ccc(OC)c(OC)c4)CC3)sc2n1. The fraction of sp³-hybridized carbons (Fsp3) is 0.458. The maximum Gasteiger partial charge on any atom is 0.264 e. The molecular formula is C24H30N4O5S. The Labute approximate surface area is 203 Å². The van der Waals surface area contributed by atoms with Crippen LogP contribution >= 0.6 is 11.3 Å². The number of carbonyl (C=O) groups is 1. The van der Waals surface area contributed by atoms with Gasteiger partial charge in [-0.2, -0.15) is 4.98 Å². The minimum Gasteiger partial charge on any atom is -0.493 e. The first-order valence-electron chi connectivity index (χ1n) is 11.0. The molecule has 1 amide bonds. The molecular weight excluding hydrogens is 456 g/mol. The summed E-state index contributed by atoms with van der Waals surface area (Å²) < 4.78 is 21.4. The fourth-order valence-electron chi connectivity index (χ4n) is 4.18. The van der Waals surface area contributed by atoms with E-state index in [0.29, 0.717) is 29.7 Å². The predicted molar refractivity (Wildman–Crippen MR) is 130 cm³/mol. The number of hydrogen-bond acceptors (Lipinski definition) is 9. The number of carbonyl (C=O) groups excluding carboxylic acids is 1. The van der Waals surface area contributed by atoms with E-state index in [0.717, 1.165) is 52.5 Å². The van der Waals surface area contributed by atoms with E-state index in [9.17, 15) is 4.79 Å². The molecule has 1 aromatic carbocycles. The highest BCUT2D eigenvalue weighted by Crippen LogP contribution is 2.36. The first kappa shape index (κ1) is 24.2. The standard InChI is InChI=1S/C24H30N4O5S/c1-15-20-22(33-5)25-19(14-30-2)26-23(20)34-21(15)24(29)28-10-8-27(9-11-28)13-16-6-7-17(31-3)18(12-16)32-4/h6-7,12H,8-11,13-14H2,1-5H3. The Bertz CT molecular complexity index is 1170. The Hall–Kier alpha value is -2.95. The normalized spacial score (nSPS) is 14.4. The van der Waals surface area contributed by atoms with Gasteiger partial charge in [-0.1, -0.05) is 6.07 Å². The number of nitrogens with zero attached hydrogens (tertiary/aromatic N) is 4. The lowest BCUT2D eigenvalue weighted by atomic mass is 10.1. The van der Waals surface area contributed by atoms with Crippen molar-refractivity contribution in [1.29, 1.82) is 0 Å². The summed E-state index contributed by atoms with van der Waals surface area (Å²) in [5, 5.41) is 0.794. The van der Waals surface area contributed by atoms with E-state index in [2.05, 4.69) is 14.9 Å². The third-order valence-corrected chi connectivity index (χ3v) is 7.15. The number of ether oxygens (including phenoxy) is 4. The highest BCUT2D eigenvalue weighted by molar-refractivity contribution is 7.20. The summed E-state index contributed by atoms with van der Waals surface area (Å²) in [5.74, 6) is 2.49. The van der Waals surface area contributed by atoms with Gasteiger partial charge in [-0.05, 0) is 30.2 Å². The van der Waals surface area contributed by atoms with Crippen molar-refractivity contribution in [2.45, 2.75) is 20.1 Å². The molecule has 3 aromatic rings. The molecule has 0 unspecified atom stereocenters. The van der Waals surface area contributed by atoms with E-state index in [1.807, 2.05) is 30.0 Å². The van der Waals surface area contributed by atoms with Crippen molar-refractivity contribution in [2.24, 2.45) is 0 Å². The zero-order valence-electron chi connectivity index (χ0n) is 20.2. The number of aromatic nitrogens is 2. The maximum absolute atomic E-state index is 13.4. The summed E-state index contributed by atoms with van der Waals surface area (Å²) >= 11 is 1.39. The van der Waals surface area contributed by atoms with E-state index in [4.69, 9.17) is 18.9 Å². The summed E-state index contributed by atoms with van der Waals surface area (Å²) in [5.41, 5.74) is 2.01. The van der Waals surface area contributed by atoms with E-state index >= 15 is 0 Å². The first-order valence-corrected chi connectivity index (χ1v) is 11.9. The third kappa shape index (κ3) is 4.79. The minimum absolute atomic E-state index is 0.0293. The van der Waals surface area contributed by atoms with Gasteiger partial charge in [-0.15, -0.1) is 11.3 Å². The Balaban J connectivity index is 1.46. The van der Waals surface area contributed by atoms with Gasteiger partial charge in [-0.3, -0.25) is 9.69 Å². The highest BCUT2D eigenvalue weighted by atomic mass is 32.1. The summed E-state index contributed by atoms with van der Waals surface area (Å²) in [6, 6.07) is 5.97. The van der Waals surface area contributed by atoms with E-state index < -0.39 is 0 Å². The topological polar surface area (TPSA) is 86.3 Å². The molecule has 0 N–H and O–H groups in total. The van der Waals surface area contributed by atoms with Crippen LogP contribution < -0.4 is 14.2 Å². The molecule has 0 bridgehead atoms. The molecule has 182 valence electrons. The number of amides is 1. The number of methoxy groups -OCH3 is 4. The average molecular weight is 487 g/mol. The zero-order chi connectivity index (χ0) is 24.2. The lowest BCUT2D eigenvalue weighted by molar-refractivity contribution is 0.0632. The smallest absolute Gasteiger partial charge is 0.264 e. The molecule has 0 aliphatic carbocycles. The largest absolute Gasteiger partial charge is 0.493 e. The average Bonchev–Trinajstić information content (AvgIpc) is 3.19. The summed E-state index contributed by atoms with van der Waals surface area (Å²) in [7, 11) is 6.45. The zero-order valence-corrected chi connectivity index (χ0v) is 21.0. The molecule has 0 radical (unpaired) electrons. The molecule has 0 saturated carbocycles. The van der Waals surface area contributed by atoms with Crippen molar-refractivity contribution in [3.8, 4) is 17.4 Å². The van der Waals surface area contributed by atoms with Crippen molar-refractivity contribution in [1.82, 2.24) is 19.8 Å². The van der Waals surface area contributed by atoms with Gasteiger partial charge in [0.2, 0.25) is 5.88 Å². The second-order valence-electron chi connectivity index (χ2n) is 8.08. The molecule has 1 aliphatic rings. The Kier molecular flexibility index (Phi) is 7.50. The molecule has 1 saturated heterocycles. The van der Waals surface area contributed by atoms with Crippen molar-refractivity contribution in [3.05, 3.63) is 40.0 Å². The fourth-order valence-corrected chi connectivity index (χ4v) is 5.34. The first-order chi connectivity index (χ1) is 16.5. The molecule has 1 aliphatic heterocycles. The quantitative estimate of drug-likeness (QED) is 0.480. The second kappa shape index (κ2) is 10.5. The Morgan fingerprint density at radius 2 is 1.74 bits per heavy atom. The molecule has 10 heteroatoms. The van der Waals surface area contributed by atoms with Gasteiger partial charge in [0.25, 0.3) is 5.91 Å². The van der Waals surface area contributed by atoms with Crippen molar-refractivity contribution in [2.75, 3.05) is 54.6 Å². The van der Waals surface area contributed by atoms with Gasteiger partial charge >= 0.3 is 0 Å². The van der Waals surface area contributed by atoms with Crippen LogP contribution in [0.2, 0.25) is 0 Å². The van der Waals surface area contributed by atoms with E-state index in [-0.39, 0.29) is 12.5 Å². The van der Waals surface area contributed by atoms with Crippen LogP contribution in [0.25, 0.3) is 10.2 Å². The molecule has 3 heterocycles. The van der Waals surface area contributed by atoms with Gasteiger partial charge in [0.15, 0.2) is 17.3 Å². The van der Waals surface area contributed by atoms with Crippen LogP contribution in [-0.2, 0) is 17.9 Å². The Morgan fingerprint density at radius 1 is 1.00 bits per heavy atom. The maximum atomic E-state index is 13.4. The molecule has 0 atom stereocenters. The second-order valence-corrected chi connectivity index (χ2v) is 9.08. The number of hydrogen-bond donors (Lipinski definition) is 0. The van der Waals surface area contributed by atoms with Crippen LogP contribution in [0.3, 0.4) is 0 Å². The number of thiophene rings is 1. The van der Waals surface area contributed by atoms with Crippen LogP contribution in [0.4, 0.5) is 0 Å². The van der Waals surface area contributed by atoms with Crippen LogP contribution in [0, 0.1) is 6.92 Å². The number of fused-ring (bicyclic) bond motifs is 1. The van der Waals surface area contributed by atoms with Crippen LogP contribution in [-0.4, -0.2) is 80.3 Å². The molecule has 4 rings (SSSR count). The lowest BCUT2D eigenvalue weighted by Gasteiger charge is -2.34. The number of benzene rings is 1. The van der Waals surface area contributed by atoms with Gasteiger partial charge < -0.3 is 23.8 Å². The molecule has 2 aromatic heterocycles. The number of rotatable bonds is 8. The minimum atomic E-state index is 0.0293. The molecule has 1 fully saturated rings.